The topological polar surface area (TPSA) is 84.6 Å². The highest BCUT2D eigenvalue weighted by Crippen LogP contribution is 2.38. The van der Waals surface area contributed by atoms with Gasteiger partial charge in [-0.15, -0.1) is 0 Å². The summed E-state index contributed by atoms with van der Waals surface area (Å²) in [6.45, 7) is 6.21. The fourth-order valence-electron chi connectivity index (χ4n) is 2.64. The molecule has 1 N–H and O–H groups in total. The maximum atomic E-state index is 11.9. The zero-order valence-electron chi connectivity index (χ0n) is 13.2. The minimum Gasteiger partial charge on any atom is -0.351 e. The third kappa shape index (κ3) is 3.06. The van der Waals surface area contributed by atoms with Gasteiger partial charge in [-0.1, -0.05) is 32.0 Å². The molecule has 2 aliphatic rings. The molecule has 1 unspecified atom stereocenters. The maximum absolute atomic E-state index is 11.9. The van der Waals surface area contributed by atoms with Crippen LogP contribution in [0.15, 0.2) is 57.4 Å². The first-order valence-corrected chi connectivity index (χ1v) is 7.31. The molecule has 2 heterocycles. The molecule has 0 radical (unpaired) electrons. The normalized spacial score (nSPS) is 22.3. The van der Waals surface area contributed by atoms with Gasteiger partial charge in [-0.05, 0) is 23.1 Å². The Morgan fingerprint density at radius 2 is 2.13 bits per heavy atom. The van der Waals surface area contributed by atoms with E-state index in [1.54, 1.807) is 18.2 Å². The van der Waals surface area contributed by atoms with Gasteiger partial charge in [0.05, 0.1) is 11.9 Å². The van der Waals surface area contributed by atoms with Gasteiger partial charge in [0, 0.05) is 23.8 Å². The molecule has 1 aromatic rings. The lowest BCUT2D eigenvalue weighted by Gasteiger charge is -2.34. The quantitative estimate of drug-likeness (QED) is 0.863. The van der Waals surface area contributed by atoms with E-state index in [0.717, 1.165) is 11.3 Å². The van der Waals surface area contributed by atoms with Crippen molar-refractivity contribution in [2.75, 3.05) is 0 Å². The fourth-order valence-corrected chi connectivity index (χ4v) is 2.64. The Labute approximate surface area is 133 Å². The molecule has 0 fully saturated rings. The van der Waals surface area contributed by atoms with Crippen molar-refractivity contribution in [1.29, 1.82) is 0 Å². The maximum Gasteiger partial charge on any atom is 0.316 e. The van der Waals surface area contributed by atoms with Crippen molar-refractivity contribution >= 4 is 17.5 Å². The number of aromatic nitrogens is 1. The largest absolute Gasteiger partial charge is 0.351 e. The Morgan fingerprint density at radius 1 is 1.35 bits per heavy atom. The first kappa shape index (κ1) is 15.1. The SMILES string of the molecule is CC(C)(C)C1=CC(=O)NC2=CC(=NC(=O)c3ccno3)C=CC21. The van der Waals surface area contributed by atoms with Crippen LogP contribution in [-0.4, -0.2) is 22.7 Å². The van der Waals surface area contributed by atoms with E-state index >= 15 is 0 Å². The number of aliphatic imine (C=N–C) groups is 1. The van der Waals surface area contributed by atoms with Crippen LogP contribution in [0.3, 0.4) is 0 Å². The van der Waals surface area contributed by atoms with Crippen molar-refractivity contribution in [3.8, 4) is 0 Å². The van der Waals surface area contributed by atoms with Crippen LogP contribution in [0.25, 0.3) is 0 Å². The fraction of sp³-hybridized carbons (Fsp3) is 0.294. The van der Waals surface area contributed by atoms with Gasteiger partial charge in [0.15, 0.2) is 0 Å². The van der Waals surface area contributed by atoms with Gasteiger partial charge in [0.25, 0.3) is 0 Å². The van der Waals surface area contributed by atoms with Crippen LogP contribution in [0.2, 0.25) is 0 Å². The first-order valence-electron chi connectivity index (χ1n) is 7.31. The summed E-state index contributed by atoms with van der Waals surface area (Å²) >= 11 is 0. The van der Waals surface area contributed by atoms with Crippen LogP contribution in [0.4, 0.5) is 0 Å². The molecule has 23 heavy (non-hydrogen) atoms. The van der Waals surface area contributed by atoms with Gasteiger partial charge in [-0.2, -0.15) is 0 Å². The summed E-state index contributed by atoms with van der Waals surface area (Å²) in [5, 5.41) is 6.31. The van der Waals surface area contributed by atoms with Crippen molar-refractivity contribution in [2.45, 2.75) is 20.8 Å². The van der Waals surface area contributed by atoms with E-state index < -0.39 is 5.91 Å². The van der Waals surface area contributed by atoms with Crippen LogP contribution in [0, 0.1) is 11.3 Å². The highest BCUT2D eigenvalue weighted by Gasteiger charge is 2.32. The molecule has 0 saturated heterocycles. The summed E-state index contributed by atoms with van der Waals surface area (Å²) in [5.41, 5.74) is 2.10. The molecule has 118 valence electrons. The molecule has 6 nitrogen and oxygen atoms in total. The van der Waals surface area contributed by atoms with Gasteiger partial charge in [0.1, 0.15) is 0 Å². The molecular formula is C17H17N3O3. The Balaban J connectivity index is 1.91. The van der Waals surface area contributed by atoms with Gasteiger partial charge in [-0.25, -0.2) is 4.99 Å². The third-order valence-corrected chi connectivity index (χ3v) is 3.73. The van der Waals surface area contributed by atoms with Crippen LogP contribution in [-0.2, 0) is 4.79 Å². The van der Waals surface area contributed by atoms with E-state index in [9.17, 15) is 9.59 Å². The van der Waals surface area contributed by atoms with E-state index in [1.165, 1.54) is 12.3 Å². The second kappa shape index (κ2) is 5.46. The average Bonchev–Trinajstić information content (AvgIpc) is 2.99. The lowest BCUT2D eigenvalue weighted by molar-refractivity contribution is -0.116. The van der Waals surface area contributed by atoms with Crippen LogP contribution < -0.4 is 5.32 Å². The van der Waals surface area contributed by atoms with Crippen molar-refractivity contribution < 1.29 is 14.1 Å². The summed E-state index contributed by atoms with van der Waals surface area (Å²) in [6.07, 6.45) is 8.47. The van der Waals surface area contributed by atoms with Crippen molar-refractivity contribution in [2.24, 2.45) is 16.3 Å². The van der Waals surface area contributed by atoms with Crippen LogP contribution >= 0.6 is 0 Å². The smallest absolute Gasteiger partial charge is 0.316 e. The predicted molar refractivity (Wildman–Crippen MR) is 84.7 cm³/mol. The van der Waals surface area contributed by atoms with E-state index in [-0.39, 0.29) is 23.0 Å². The lowest BCUT2D eigenvalue weighted by atomic mass is 9.74. The monoisotopic (exact) mass is 311 g/mol. The van der Waals surface area contributed by atoms with E-state index in [1.807, 2.05) is 6.08 Å². The standard InChI is InChI=1S/C17H17N3O3/c1-17(2,3)12-9-15(21)20-13-8-10(4-5-11(12)13)19-16(22)14-6-7-18-23-14/h4-9,11H,1-3H3,(H,20,21). The van der Waals surface area contributed by atoms with Crippen LogP contribution in [0.5, 0.6) is 0 Å². The van der Waals surface area contributed by atoms with Gasteiger partial charge in [0.2, 0.25) is 11.7 Å². The number of rotatable bonds is 1. The number of hydrogen-bond acceptors (Lipinski definition) is 4. The van der Waals surface area contributed by atoms with Crippen LogP contribution in [0.1, 0.15) is 31.3 Å². The van der Waals surface area contributed by atoms with E-state index in [0.29, 0.717) is 5.71 Å². The van der Waals surface area contributed by atoms with Crippen molar-refractivity contribution in [3.05, 3.63) is 53.6 Å². The zero-order valence-corrected chi connectivity index (χ0v) is 13.2. The Hall–Kier alpha value is -2.76. The first-order chi connectivity index (χ1) is 10.8. The summed E-state index contributed by atoms with van der Waals surface area (Å²) in [4.78, 5) is 27.8. The second-order valence-corrected chi connectivity index (χ2v) is 6.49. The molecule has 1 aromatic heterocycles. The molecule has 1 atom stereocenters. The number of carbonyl (C=O) groups is 2. The summed E-state index contributed by atoms with van der Waals surface area (Å²) in [6, 6.07) is 1.46. The number of nitrogens with zero attached hydrogens (tertiary/aromatic N) is 2. The number of fused-ring (bicyclic) bond motifs is 1. The van der Waals surface area contributed by atoms with Gasteiger partial charge in [-0.3, -0.25) is 9.59 Å². The molecule has 0 saturated carbocycles. The minimum absolute atomic E-state index is 0.00738. The Morgan fingerprint density at radius 3 is 2.78 bits per heavy atom. The van der Waals surface area contributed by atoms with Gasteiger partial charge >= 0.3 is 5.91 Å². The lowest BCUT2D eigenvalue weighted by Crippen LogP contribution is -2.36. The number of amides is 2. The van der Waals surface area contributed by atoms with Gasteiger partial charge < -0.3 is 9.84 Å². The highest BCUT2D eigenvalue weighted by atomic mass is 16.5. The molecular weight excluding hydrogens is 294 g/mol. The summed E-state index contributed by atoms with van der Waals surface area (Å²) in [7, 11) is 0. The van der Waals surface area contributed by atoms with Crippen molar-refractivity contribution in [3.63, 3.8) is 0 Å². The summed E-state index contributed by atoms with van der Waals surface area (Å²) in [5.74, 6) is -0.596. The molecule has 0 aromatic carbocycles. The van der Waals surface area contributed by atoms with E-state index in [4.69, 9.17) is 4.52 Å². The number of allylic oxidation sites excluding steroid dienone is 3. The molecule has 0 spiro atoms. The Kier molecular flexibility index (Phi) is 3.60. The molecule has 2 amide bonds. The Bertz CT molecular complexity index is 775. The minimum atomic E-state index is -0.508. The average molecular weight is 311 g/mol. The molecule has 1 aliphatic carbocycles. The number of nitrogens with one attached hydrogen (secondary N) is 1. The highest BCUT2D eigenvalue weighted by molar-refractivity contribution is 6.13. The molecule has 0 bridgehead atoms. The zero-order chi connectivity index (χ0) is 16.6. The molecule has 6 heteroatoms. The number of carbonyl (C=O) groups excluding carboxylic acids is 2. The number of hydrogen-bond donors (Lipinski definition) is 1. The third-order valence-electron chi connectivity index (χ3n) is 3.73. The summed E-state index contributed by atoms with van der Waals surface area (Å²) < 4.78 is 4.79. The second-order valence-electron chi connectivity index (χ2n) is 6.49. The van der Waals surface area contributed by atoms with E-state index in [2.05, 4.69) is 36.2 Å². The van der Waals surface area contributed by atoms with Crippen molar-refractivity contribution in [1.82, 2.24) is 10.5 Å². The molecule has 1 aliphatic heterocycles. The predicted octanol–water partition coefficient (Wildman–Crippen LogP) is 2.43. The molecule has 3 rings (SSSR count).